The molecule has 2 atom stereocenters. The van der Waals surface area contributed by atoms with Gasteiger partial charge in [0.05, 0.1) is 6.04 Å². The van der Waals surface area contributed by atoms with Crippen LogP contribution >= 0.6 is 0 Å². The van der Waals surface area contributed by atoms with Gasteiger partial charge in [0.1, 0.15) is 5.82 Å². The SMILES string of the molecule is NC[C@@H]1CCN(C[C@@H]2CN3CC=CC4=C3N2CC=C4)C1. The van der Waals surface area contributed by atoms with Gasteiger partial charge in [-0.15, -0.1) is 0 Å². The first-order valence-electron chi connectivity index (χ1n) is 7.86. The molecule has 108 valence electrons. The molecule has 0 aromatic rings. The average molecular weight is 272 g/mol. The molecule has 0 spiro atoms. The number of nitrogens with zero attached hydrogens (tertiary/aromatic N) is 3. The Labute approximate surface area is 121 Å². The van der Waals surface area contributed by atoms with Gasteiger partial charge in [0.25, 0.3) is 0 Å². The maximum atomic E-state index is 5.81. The minimum Gasteiger partial charge on any atom is -0.352 e. The molecule has 4 heterocycles. The van der Waals surface area contributed by atoms with Crippen molar-refractivity contribution in [1.82, 2.24) is 14.7 Å². The molecule has 0 aliphatic carbocycles. The highest BCUT2D eigenvalue weighted by Gasteiger charge is 2.38. The third-order valence-electron chi connectivity index (χ3n) is 5.10. The molecular weight excluding hydrogens is 248 g/mol. The summed E-state index contributed by atoms with van der Waals surface area (Å²) in [6.45, 7) is 7.78. The summed E-state index contributed by atoms with van der Waals surface area (Å²) in [6, 6.07) is 0.640. The van der Waals surface area contributed by atoms with Gasteiger partial charge in [-0.3, -0.25) is 0 Å². The van der Waals surface area contributed by atoms with Gasteiger partial charge < -0.3 is 20.4 Å². The van der Waals surface area contributed by atoms with Crippen LogP contribution in [-0.2, 0) is 0 Å². The predicted molar refractivity (Wildman–Crippen MR) is 81.0 cm³/mol. The molecule has 20 heavy (non-hydrogen) atoms. The summed E-state index contributed by atoms with van der Waals surface area (Å²) in [6.07, 6.45) is 10.4. The Hall–Kier alpha value is -1.26. The maximum absolute atomic E-state index is 5.81. The van der Waals surface area contributed by atoms with Gasteiger partial charge in [0, 0.05) is 38.3 Å². The Bertz CT molecular complexity index is 475. The summed E-state index contributed by atoms with van der Waals surface area (Å²) in [5.41, 5.74) is 7.20. The van der Waals surface area contributed by atoms with E-state index >= 15 is 0 Å². The van der Waals surface area contributed by atoms with Crippen LogP contribution in [0.5, 0.6) is 0 Å². The van der Waals surface area contributed by atoms with Crippen molar-refractivity contribution >= 4 is 0 Å². The molecule has 0 aromatic heterocycles. The van der Waals surface area contributed by atoms with Gasteiger partial charge in [-0.25, -0.2) is 0 Å². The molecule has 4 heteroatoms. The second-order valence-electron chi connectivity index (χ2n) is 6.44. The van der Waals surface area contributed by atoms with E-state index in [1.165, 1.54) is 44.0 Å². The van der Waals surface area contributed by atoms with E-state index in [0.29, 0.717) is 6.04 Å². The van der Waals surface area contributed by atoms with E-state index in [2.05, 4.69) is 39.0 Å². The van der Waals surface area contributed by atoms with Gasteiger partial charge in [0.15, 0.2) is 0 Å². The fourth-order valence-electron chi connectivity index (χ4n) is 4.07. The van der Waals surface area contributed by atoms with Crippen molar-refractivity contribution in [3.8, 4) is 0 Å². The minimum absolute atomic E-state index is 0.640. The third-order valence-corrected chi connectivity index (χ3v) is 5.10. The van der Waals surface area contributed by atoms with E-state index < -0.39 is 0 Å². The van der Waals surface area contributed by atoms with Gasteiger partial charge in [-0.2, -0.15) is 0 Å². The summed E-state index contributed by atoms with van der Waals surface area (Å²) in [5.74, 6) is 2.19. The molecular formula is C16H24N4. The third kappa shape index (κ3) is 1.98. The van der Waals surface area contributed by atoms with Crippen LogP contribution in [0.4, 0.5) is 0 Å². The lowest BCUT2D eigenvalue weighted by Gasteiger charge is -2.33. The second-order valence-corrected chi connectivity index (χ2v) is 6.44. The van der Waals surface area contributed by atoms with E-state index in [1.807, 2.05) is 0 Å². The molecule has 2 fully saturated rings. The molecule has 2 N–H and O–H groups in total. The van der Waals surface area contributed by atoms with Gasteiger partial charge in [0.2, 0.25) is 0 Å². The molecule has 0 saturated carbocycles. The summed E-state index contributed by atoms with van der Waals surface area (Å²) < 4.78 is 0. The quantitative estimate of drug-likeness (QED) is 0.816. The molecule has 0 radical (unpaired) electrons. The summed E-state index contributed by atoms with van der Waals surface area (Å²) >= 11 is 0. The molecule has 0 unspecified atom stereocenters. The average Bonchev–Trinajstić information content (AvgIpc) is 3.07. The normalized spacial score (nSPS) is 32.5. The Morgan fingerprint density at radius 3 is 2.80 bits per heavy atom. The second kappa shape index (κ2) is 4.93. The first-order valence-corrected chi connectivity index (χ1v) is 7.86. The first-order chi connectivity index (χ1) is 9.85. The fourth-order valence-corrected chi connectivity index (χ4v) is 4.07. The summed E-state index contributed by atoms with van der Waals surface area (Å²) in [5, 5.41) is 0. The standard InChI is InChI=1S/C16H24N4/c17-9-13-5-8-18(10-13)11-15-12-19-6-1-3-14-4-2-7-20(15)16(14)19/h1-4,13,15H,5-12,17H2/t13-,15+/m0/s1. The van der Waals surface area contributed by atoms with E-state index in [9.17, 15) is 0 Å². The fraction of sp³-hybridized carbons (Fsp3) is 0.625. The molecule has 4 aliphatic heterocycles. The number of nitrogens with two attached hydrogens (primary N) is 1. The van der Waals surface area contributed by atoms with Gasteiger partial charge >= 0.3 is 0 Å². The van der Waals surface area contributed by atoms with Crippen LogP contribution in [0.1, 0.15) is 6.42 Å². The van der Waals surface area contributed by atoms with E-state index in [-0.39, 0.29) is 0 Å². The Kier molecular flexibility index (Phi) is 3.08. The van der Waals surface area contributed by atoms with Crippen molar-refractivity contribution in [2.75, 3.05) is 45.8 Å². The number of hydrogen-bond donors (Lipinski definition) is 1. The number of hydrogen-bond acceptors (Lipinski definition) is 4. The summed E-state index contributed by atoms with van der Waals surface area (Å²) in [4.78, 5) is 7.77. The maximum Gasteiger partial charge on any atom is 0.112 e. The van der Waals surface area contributed by atoms with Crippen molar-refractivity contribution in [3.63, 3.8) is 0 Å². The van der Waals surface area contributed by atoms with E-state index in [1.54, 1.807) is 0 Å². The van der Waals surface area contributed by atoms with Crippen molar-refractivity contribution in [1.29, 1.82) is 0 Å². The molecule has 2 saturated heterocycles. The van der Waals surface area contributed by atoms with Crippen LogP contribution < -0.4 is 5.73 Å². The van der Waals surface area contributed by atoms with Gasteiger partial charge in [-0.1, -0.05) is 24.3 Å². The molecule has 0 bridgehead atoms. The van der Waals surface area contributed by atoms with Gasteiger partial charge in [-0.05, 0) is 25.4 Å². The molecule has 0 aromatic carbocycles. The zero-order valence-corrected chi connectivity index (χ0v) is 12.0. The molecule has 4 nitrogen and oxygen atoms in total. The number of allylic oxidation sites excluding steroid dienone is 3. The monoisotopic (exact) mass is 272 g/mol. The number of rotatable bonds is 3. The Morgan fingerprint density at radius 2 is 2.00 bits per heavy atom. The molecule has 4 rings (SSSR count). The zero-order chi connectivity index (χ0) is 13.5. The smallest absolute Gasteiger partial charge is 0.112 e. The summed E-state index contributed by atoms with van der Waals surface area (Å²) in [7, 11) is 0. The predicted octanol–water partition coefficient (Wildman–Crippen LogP) is 0.604. The van der Waals surface area contributed by atoms with Crippen molar-refractivity contribution in [3.05, 3.63) is 35.7 Å². The van der Waals surface area contributed by atoms with Crippen LogP contribution in [0.2, 0.25) is 0 Å². The topological polar surface area (TPSA) is 35.7 Å². The lowest BCUT2D eigenvalue weighted by molar-refractivity contribution is 0.225. The highest BCUT2D eigenvalue weighted by Crippen LogP contribution is 2.33. The Balaban J connectivity index is 1.48. The van der Waals surface area contributed by atoms with Crippen LogP contribution in [0, 0.1) is 5.92 Å². The van der Waals surface area contributed by atoms with Crippen LogP contribution in [0.15, 0.2) is 35.7 Å². The van der Waals surface area contributed by atoms with E-state index in [4.69, 9.17) is 5.73 Å². The van der Waals surface area contributed by atoms with E-state index in [0.717, 1.165) is 25.6 Å². The van der Waals surface area contributed by atoms with Crippen molar-refractivity contribution in [2.24, 2.45) is 11.7 Å². The first kappa shape index (κ1) is 12.5. The van der Waals surface area contributed by atoms with Crippen LogP contribution in [0.25, 0.3) is 0 Å². The van der Waals surface area contributed by atoms with Crippen LogP contribution in [0.3, 0.4) is 0 Å². The highest BCUT2D eigenvalue weighted by molar-refractivity contribution is 5.42. The Morgan fingerprint density at radius 1 is 1.15 bits per heavy atom. The van der Waals surface area contributed by atoms with Crippen molar-refractivity contribution in [2.45, 2.75) is 12.5 Å². The lowest BCUT2D eigenvalue weighted by atomic mass is 10.1. The van der Waals surface area contributed by atoms with Crippen molar-refractivity contribution < 1.29 is 0 Å². The lowest BCUT2D eigenvalue weighted by Crippen LogP contribution is -2.41. The zero-order valence-electron chi connectivity index (χ0n) is 12.0. The number of likely N-dealkylation sites (tertiary alicyclic amines) is 1. The minimum atomic E-state index is 0.640. The molecule has 4 aliphatic rings. The highest BCUT2D eigenvalue weighted by atomic mass is 15.4. The largest absolute Gasteiger partial charge is 0.352 e. The van der Waals surface area contributed by atoms with Crippen LogP contribution in [-0.4, -0.2) is 66.6 Å². The molecule has 0 amide bonds.